The van der Waals surface area contributed by atoms with Crippen molar-refractivity contribution in [2.45, 2.75) is 33.2 Å². The lowest BCUT2D eigenvalue weighted by atomic mass is 10.0. The zero-order chi connectivity index (χ0) is 16.3. The first-order valence-corrected chi connectivity index (χ1v) is 7.55. The number of aryl methyl sites for hydroxylation is 2. The van der Waals surface area contributed by atoms with Gasteiger partial charge in [-0.15, -0.1) is 0 Å². The molecule has 0 aliphatic heterocycles. The highest BCUT2D eigenvalue weighted by Crippen LogP contribution is 2.18. The van der Waals surface area contributed by atoms with Gasteiger partial charge in [0.05, 0.1) is 12.5 Å². The molecule has 0 unspecified atom stereocenters. The average Bonchev–Trinajstić information content (AvgIpc) is 2.45. The van der Waals surface area contributed by atoms with Gasteiger partial charge in [-0.05, 0) is 55.2 Å². The number of hydrogen-bond acceptors (Lipinski definition) is 1. The van der Waals surface area contributed by atoms with Crippen molar-refractivity contribution in [3.63, 3.8) is 0 Å². The van der Waals surface area contributed by atoms with Crippen LogP contribution < -0.4 is 5.32 Å². The molecule has 0 saturated carbocycles. The van der Waals surface area contributed by atoms with Gasteiger partial charge in [0, 0.05) is 5.02 Å². The van der Waals surface area contributed by atoms with Crippen LogP contribution in [0.3, 0.4) is 0 Å². The van der Waals surface area contributed by atoms with Crippen LogP contribution >= 0.6 is 11.6 Å². The molecule has 2 aromatic carbocycles. The van der Waals surface area contributed by atoms with Crippen molar-refractivity contribution in [1.29, 1.82) is 0 Å². The number of benzene rings is 2. The highest BCUT2D eigenvalue weighted by atomic mass is 35.5. The van der Waals surface area contributed by atoms with E-state index in [1.165, 1.54) is 23.3 Å². The Balaban J connectivity index is 2.03. The van der Waals surface area contributed by atoms with E-state index in [4.69, 9.17) is 11.6 Å². The summed E-state index contributed by atoms with van der Waals surface area (Å²) in [7, 11) is 0. The monoisotopic (exact) mass is 319 g/mol. The molecule has 0 fully saturated rings. The highest BCUT2D eigenvalue weighted by Gasteiger charge is 2.13. The van der Waals surface area contributed by atoms with E-state index in [1.54, 1.807) is 6.07 Å². The van der Waals surface area contributed by atoms with Gasteiger partial charge in [-0.25, -0.2) is 4.39 Å². The van der Waals surface area contributed by atoms with Gasteiger partial charge in [-0.1, -0.05) is 35.9 Å². The van der Waals surface area contributed by atoms with Gasteiger partial charge in [-0.3, -0.25) is 4.79 Å². The quantitative estimate of drug-likeness (QED) is 0.882. The van der Waals surface area contributed by atoms with Crippen molar-refractivity contribution < 1.29 is 9.18 Å². The molecule has 116 valence electrons. The number of amides is 1. The summed E-state index contributed by atoms with van der Waals surface area (Å²) in [5.74, 6) is -0.673. The smallest absolute Gasteiger partial charge is 0.225 e. The first-order valence-electron chi connectivity index (χ1n) is 7.17. The Hall–Kier alpha value is -1.87. The van der Waals surface area contributed by atoms with Crippen molar-refractivity contribution in [1.82, 2.24) is 5.32 Å². The standard InChI is InChI=1S/C18H19ClFNO/c1-11-4-5-14(8-12(11)2)13(3)21-18(22)9-15-6-7-16(19)10-17(15)20/h4-8,10,13H,9H2,1-3H3,(H,21,22)/t13-/m0/s1. The molecule has 0 spiro atoms. The third-order valence-corrected chi connectivity index (χ3v) is 4.01. The van der Waals surface area contributed by atoms with E-state index in [0.29, 0.717) is 10.6 Å². The zero-order valence-electron chi connectivity index (χ0n) is 12.9. The summed E-state index contributed by atoms with van der Waals surface area (Å²) >= 11 is 5.70. The second-order valence-corrected chi connectivity index (χ2v) is 5.98. The van der Waals surface area contributed by atoms with Crippen LogP contribution in [0.25, 0.3) is 0 Å². The number of carbonyl (C=O) groups excluding carboxylic acids is 1. The highest BCUT2D eigenvalue weighted by molar-refractivity contribution is 6.30. The fourth-order valence-electron chi connectivity index (χ4n) is 2.25. The van der Waals surface area contributed by atoms with Crippen LogP contribution in [0, 0.1) is 19.7 Å². The minimum absolute atomic E-state index is 0.00180. The maximum Gasteiger partial charge on any atom is 0.225 e. The molecular formula is C18H19ClFNO. The molecule has 1 amide bonds. The van der Waals surface area contributed by atoms with Crippen LogP contribution in [0.1, 0.15) is 35.2 Å². The molecule has 22 heavy (non-hydrogen) atoms. The normalized spacial score (nSPS) is 12.0. The molecule has 0 radical (unpaired) electrons. The molecule has 2 nitrogen and oxygen atoms in total. The average molecular weight is 320 g/mol. The van der Waals surface area contributed by atoms with Crippen LogP contribution in [-0.2, 0) is 11.2 Å². The first kappa shape index (κ1) is 16.5. The summed E-state index contributed by atoms with van der Waals surface area (Å²) in [6.45, 7) is 6.00. The number of hydrogen-bond donors (Lipinski definition) is 1. The third kappa shape index (κ3) is 4.08. The van der Waals surface area contributed by atoms with E-state index in [2.05, 4.69) is 11.4 Å². The van der Waals surface area contributed by atoms with Crippen molar-refractivity contribution in [3.05, 3.63) is 69.5 Å². The minimum Gasteiger partial charge on any atom is -0.349 e. The summed E-state index contributed by atoms with van der Waals surface area (Å²) in [6, 6.07) is 10.3. The number of carbonyl (C=O) groups is 1. The topological polar surface area (TPSA) is 29.1 Å². The van der Waals surface area contributed by atoms with Crippen LogP contribution in [0.4, 0.5) is 4.39 Å². The van der Waals surface area contributed by atoms with Crippen molar-refractivity contribution in [2.75, 3.05) is 0 Å². The Labute approximate surface area is 135 Å². The SMILES string of the molecule is Cc1ccc([C@H](C)NC(=O)Cc2ccc(Cl)cc2F)cc1C. The van der Waals surface area contributed by atoms with Crippen LogP contribution in [0.2, 0.25) is 5.02 Å². The van der Waals surface area contributed by atoms with E-state index >= 15 is 0 Å². The molecule has 0 aliphatic carbocycles. The molecule has 2 aromatic rings. The summed E-state index contributed by atoms with van der Waals surface area (Å²) in [6.07, 6.45) is -0.00180. The van der Waals surface area contributed by atoms with E-state index in [9.17, 15) is 9.18 Å². The molecular weight excluding hydrogens is 301 g/mol. The molecule has 1 atom stereocenters. The maximum absolute atomic E-state index is 13.7. The molecule has 2 rings (SSSR count). The van der Waals surface area contributed by atoms with E-state index in [1.807, 2.05) is 32.9 Å². The number of nitrogens with one attached hydrogen (secondary N) is 1. The summed E-state index contributed by atoms with van der Waals surface area (Å²) in [4.78, 5) is 12.1. The fourth-order valence-corrected chi connectivity index (χ4v) is 2.41. The summed E-state index contributed by atoms with van der Waals surface area (Å²) in [5.41, 5.74) is 3.77. The first-order chi connectivity index (χ1) is 10.4. The molecule has 0 heterocycles. The van der Waals surface area contributed by atoms with E-state index in [-0.39, 0.29) is 18.4 Å². The molecule has 4 heteroatoms. The Bertz CT molecular complexity index is 699. The fraction of sp³-hybridized carbons (Fsp3) is 0.278. The van der Waals surface area contributed by atoms with Crippen molar-refractivity contribution in [3.8, 4) is 0 Å². The van der Waals surface area contributed by atoms with E-state index in [0.717, 1.165) is 5.56 Å². The molecule has 0 bridgehead atoms. The second-order valence-electron chi connectivity index (χ2n) is 5.55. The van der Waals surface area contributed by atoms with Gasteiger partial charge in [-0.2, -0.15) is 0 Å². The van der Waals surface area contributed by atoms with Crippen LogP contribution in [-0.4, -0.2) is 5.91 Å². The zero-order valence-corrected chi connectivity index (χ0v) is 13.7. The van der Waals surface area contributed by atoms with Crippen molar-refractivity contribution in [2.24, 2.45) is 0 Å². The Morgan fingerprint density at radius 1 is 1.18 bits per heavy atom. The molecule has 0 aliphatic rings. The summed E-state index contributed by atoms with van der Waals surface area (Å²) in [5, 5.41) is 3.22. The Kier molecular flexibility index (Phi) is 5.19. The lowest BCUT2D eigenvalue weighted by Gasteiger charge is -2.16. The van der Waals surface area contributed by atoms with Gasteiger partial charge in [0.1, 0.15) is 5.82 Å². The van der Waals surface area contributed by atoms with Gasteiger partial charge in [0.15, 0.2) is 0 Å². The molecule has 1 N–H and O–H groups in total. The molecule has 0 saturated heterocycles. The number of rotatable bonds is 4. The maximum atomic E-state index is 13.7. The lowest BCUT2D eigenvalue weighted by molar-refractivity contribution is -0.121. The molecule has 0 aromatic heterocycles. The predicted octanol–water partition coefficient (Wildman–Crippen LogP) is 4.52. The second kappa shape index (κ2) is 6.93. The van der Waals surface area contributed by atoms with Crippen molar-refractivity contribution >= 4 is 17.5 Å². The van der Waals surface area contributed by atoms with Crippen LogP contribution in [0.5, 0.6) is 0 Å². The summed E-state index contributed by atoms with van der Waals surface area (Å²) < 4.78 is 13.7. The number of halogens is 2. The van der Waals surface area contributed by atoms with E-state index < -0.39 is 5.82 Å². The Morgan fingerprint density at radius 2 is 1.91 bits per heavy atom. The predicted molar refractivity (Wildman–Crippen MR) is 87.6 cm³/mol. The van der Waals surface area contributed by atoms with Gasteiger partial charge >= 0.3 is 0 Å². The minimum atomic E-state index is -0.457. The lowest BCUT2D eigenvalue weighted by Crippen LogP contribution is -2.28. The van der Waals surface area contributed by atoms with Gasteiger partial charge in [0.2, 0.25) is 5.91 Å². The van der Waals surface area contributed by atoms with Gasteiger partial charge in [0.25, 0.3) is 0 Å². The van der Waals surface area contributed by atoms with Gasteiger partial charge < -0.3 is 5.32 Å². The third-order valence-electron chi connectivity index (χ3n) is 3.77. The Morgan fingerprint density at radius 3 is 2.55 bits per heavy atom. The van der Waals surface area contributed by atoms with Crippen LogP contribution in [0.15, 0.2) is 36.4 Å². The largest absolute Gasteiger partial charge is 0.349 e.